The van der Waals surface area contributed by atoms with E-state index in [9.17, 15) is 0 Å². The van der Waals surface area contributed by atoms with Gasteiger partial charge in [-0.25, -0.2) is 0 Å². The number of hydrogen-bond donors (Lipinski definition) is 2. The second-order valence-electron chi connectivity index (χ2n) is 6.17. The van der Waals surface area contributed by atoms with Gasteiger partial charge < -0.3 is 10.2 Å². The largest absolute Gasteiger partial charge is 0.340 e. The fourth-order valence-corrected chi connectivity index (χ4v) is 2.74. The van der Waals surface area contributed by atoms with Crippen LogP contribution < -0.4 is 10.2 Å². The maximum atomic E-state index is 2.59. The maximum absolute atomic E-state index is 2.59. The minimum atomic E-state index is 0.713. The Labute approximate surface area is 107 Å². The summed E-state index contributed by atoms with van der Waals surface area (Å²) in [4.78, 5) is 1.57. The molecular formula is C15H32N2+2. The van der Waals surface area contributed by atoms with Crippen molar-refractivity contribution in [3.63, 3.8) is 0 Å². The number of nitrogens with one attached hydrogen (secondary N) is 1. The summed E-state index contributed by atoms with van der Waals surface area (Å²) in [6.07, 6.45) is 9.43. The van der Waals surface area contributed by atoms with Gasteiger partial charge in [-0.2, -0.15) is 0 Å². The lowest BCUT2D eigenvalue weighted by Gasteiger charge is -2.24. The molecule has 100 valence electrons. The van der Waals surface area contributed by atoms with Crippen LogP contribution in [0.4, 0.5) is 0 Å². The zero-order valence-corrected chi connectivity index (χ0v) is 12.3. The average Bonchev–Trinajstić information content (AvgIpc) is 2.25. The fourth-order valence-electron chi connectivity index (χ4n) is 2.74. The summed E-state index contributed by atoms with van der Waals surface area (Å²) < 4.78 is 0. The second-order valence-corrected chi connectivity index (χ2v) is 6.17. The van der Waals surface area contributed by atoms with Gasteiger partial charge in [-0.15, -0.1) is 0 Å². The fraction of sp³-hybridized carbons (Fsp3) is 0.867. The molecule has 0 aromatic rings. The topological polar surface area (TPSA) is 21.1 Å². The number of rotatable bonds is 6. The van der Waals surface area contributed by atoms with Gasteiger partial charge in [0.25, 0.3) is 0 Å². The molecule has 1 atom stereocenters. The first-order valence-corrected chi connectivity index (χ1v) is 7.42. The van der Waals surface area contributed by atoms with Crippen molar-refractivity contribution < 1.29 is 10.2 Å². The van der Waals surface area contributed by atoms with Crippen molar-refractivity contribution in [1.29, 1.82) is 0 Å². The van der Waals surface area contributed by atoms with E-state index in [0.717, 1.165) is 6.04 Å². The van der Waals surface area contributed by atoms with Crippen molar-refractivity contribution in [2.24, 2.45) is 5.92 Å². The zero-order valence-electron chi connectivity index (χ0n) is 12.3. The molecule has 1 aliphatic carbocycles. The van der Waals surface area contributed by atoms with Crippen molar-refractivity contribution in [3.8, 4) is 0 Å². The van der Waals surface area contributed by atoms with Gasteiger partial charge in [0.05, 0.1) is 27.2 Å². The molecule has 0 heterocycles. The van der Waals surface area contributed by atoms with Gasteiger partial charge in [-0.1, -0.05) is 19.9 Å². The van der Waals surface area contributed by atoms with Gasteiger partial charge >= 0.3 is 0 Å². The number of allylic oxidation sites excluding steroid dienone is 1. The van der Waals surface area contributed by atoms with Crippen molar-refractivity contribution in [3.05, 3.63) is 11.6 Å². The standard InChI is InChI=1S/C15H30N2/c1-13(2)12-14-8-5-6-9-15(14)16-10-7-11-17(3)4/h12-13,15-16H,5-11H2,1-4H3/p+2/t15-/m1/s1. The van der Waals surface area contributed by atoms with Crippen LogP contribution in [-0.4, -0.2) is 33.2 Å². The van der Waals surface area contributed by atoms with Crippen LogP contribution in [0.3, 0.4) is 0 Å². The molecule has 0 aromatic carbocycles. The predicted molar refractivity (Wildman–Crippen MR) is 74.3 cm³/mol. The van der Waals surface area contributed by atoms with E-state index in [1.54, 1.807) is 10.5 Å². The van der Waals surface area contributed by atoms with Crippen LogP contribution in [0, 0.1) is 5.92 Å². The van der Waals surface area contributed by atoms with E-state index in [1.165, 1.54) is 45.2 Å². The summed E-state index contributed by atoms with van der Waals surface area (Å²) in [6, 6.07) is 0.795. The van der Waals surface area contributed by atoms with Crippen LogP contribution in [0.25, 0.3) is 0 Å². The molecule has 2 heteroatoms. The monoisotopic (exact) mass is 240 g/mol. The van der Waals surface area contributed by atoms with E-state index >= 15 is 0 Å². The lowest BCUT2D eigenvalue weighted by Crippen LogP contribution is -3.06. The Balaban J connectivity index is 2.33. The van der Waals surface area contributed by atoms with Crippen LogP contribution in [0.15, 0.2) is 11.6 Å². The highest BCUT2D eigenvalue weighted by Crippen LogP contribution is 2.22. The molecule has 0 radical (unpaired) electrons. The first-order chi connectivity index (χ1) is 8.09. The molecule has 0 aromatic heterocycles. The Bertz CT molecular complexity index is 231. The Hall–Kier alpha value is -0.340. The molecule has 0 spiro atoms. The SMILES string of the molecule is CC(C)C=C1CCCC[C@H]1[NH2+]CCC[NH+](C)C. The van der Waals surface area contributed by atoms with E-state index in [4.69, 9.17) is 0 Å². The lowest BCUT2D eigenvalue weighted by atomic mass is 9.88. The molecule has 1 saturated carbocycles. The quantitative estimate of drug-likeness (QED) is 0.501. The Morgan fingerprint density at radius 3 is 2.76 bits per heavy atom. The minimum Gasteiger partial charge on any atom is -0.340 e. The van der Waals surface area contributed by atoms with Crippen molar-refractivity contribution in [1.82, 2.24) is 0 Å². The number of hydrogen-bond acceptors (Lipinski definition) is 0. The predicted octanol–water partition coefficient (Wildman–Crippen LogP) is 0.609. The number of quaternary nitrogens is 2. The highest BCUT2D eigenvalue weighted by molar-refractivity contribution is 5.10. The van der Waals surface area contributed by atoms with Gasteiger partial charge in [0.1, 0.15) is 6.04 Å². The Morgan fingerprint density at radius 1 is 1.35 bits per heavy atom. The van der Waals surface area contributed by atoms with E-state index in [-0.39, 0.29) is 0 Å². The first-order valence-electron chi connectivity index (χ1n) is 7.42. The van der Waals surface area contributed by atoms with Gasteiger partial charge in [0, 0.05) is 12.8 Å². The highest BCUT2D eigenvalue weighted by Gasteiger charge is 2.21. The van der Waals surface area contributed by atoms with E-state index in [1.807, 2.05) is 0 Å². The third-order valence-electron chi connectivity index (χ3n) is 3.59. The third-order valence-corrected chi connectivity index (χ3v) is 3.59. The summed E-state index contributed by atoms with van der Waals surface area (Å²) in [5, 5.41) is 2.59. The molecule has 0 aliphatic heterocycles. The van der Waals surface area contributed by atoms with Gasteiger partial charge in [-0.05, 0) is 30.8 Å². The smallest absolute Gasteiger partial charge is 0.107 e. The van der Waals surface area contributed by atoms with Crippen molar-refractivity contribution >= 4 is 0 Å². The minimum absolute atomic E-state index is 0.713. The Kier molecular flexibility index (Phi) is 6.83. The molecule has 2 nitrogen and oxygen atoms in total. The zero-order chi connectivity index (χ0) is 12.7. The third kappa shape index (κ3) is 6.23. The van der Waals surface area contributed by atoms with Gasteiger partial charge in [-0.3, -0.25) is 0 Å². The maximum Gasteiger partial charge on any atom is 0.107 e. The summed E-state index contributed by atoms with van der Waals surface area (Å²) in [5.41, 5.74) is 1.73. The van der Waals surface area contributed by atoms with Crippen molar-refractivity contribution in [2.75, 3.05) is 27.2 Å². The molecular weight excluding hydrogens is 208 g/mol. The van der Waals surface area contributed by atoms with Crippen LogP contribution in [0.5, 0.6) is 0 Å². The summed E-state index contributed by atoms with van der Waals surface area (Å²) in [7, 11) is 4.48. The molecule has 3 N–H and O–H groups in total. The van der Waals surface area contributed by atoms with Crippen LogP contribution >= 0.6 is 0 Å². The molecule has 1 aliphatic rings. The molecule has 0 amide bonds. The molecule has 0 unspecified atom stereocenters. The molecule has 17 heavy (non-hydrogen) atoms. The van der Waals surface area contributed by atoms with Crippen molar-refractivity contribution in [2.45, 2.75) is 52.0 Å². The highest BCUT2D eigenvalue weighted by atomic mass is 15.1. The Morgan fingerprint density at radius 2 is 2.12 bits per heavy atom. The van der Waals surface area contributed by atoms with E-state index in [0.29, 0.717) is 5.92 Å². The summed E-state index contributed by atoms with van der Waals surface area (Å²) in [5.74, 6) is 0.713. The summed E-state index contributed by atoms with van der Waals surface area (Å²) in [6.45, 7) is 7.19. The van der Waals surface area contributed by atoms with Crippen LogP contribution in [-0.2, 0) is 0 Å². The molecule has 0 bridgehead atoms. The number of nitrogens with two attached hydrogens (primary N) is 1. The van der Waals surface area contributed by atoms with Gasteiger partial charge in [0.2, 0.25) is 0 Å². The van der Waals surface area contributed by atoms with Crippen LogP contribution in [0.1, 0.15) is 46.0 Å². The molecule has 1 fully saturated rings. The summed E-state index contributed by atoms with van der Waals surface area (Å²) >= 11 is 0. The van der Waals surface area contributed by atoms with Gasteiger partial charge in [0.15, 0.2) is 0 Å². The van der Waals surface area contributed by atoms with E-state index < -0.39 is 0 Å². The normalized spacial score (nSPS) is 23.9. The lowest BCUT2D eigenvalue weighted by molar-refractivity contribution is -0.860. The second kappa shape index (κ2) is 7.88. The molecule has 0 saturated heterocycles. The molecule has 1 rings (SSSR count). The first kappa shape index (κ1) is 14.7. The van der Waals surface area contributed by atoms with E-state index in [2.05, 4.69) is 39.3 Å². The average molecular weight is 240 g/mol. The van der Waals surface area contributed by atoms with Crippen LogP contribution in [0.2, 0.25) is 0 Å².